The maximum absolute atomic E-state index is 13.5. The normalized spacial score (nSPS) is 11.4. The highest BCUT2D eigenvalue weighted by atomic mass is 32.2. The van der Waals surface area contributed by atoms with Crippen LogP contribution in [0, 0.1) is 5.82 Å². The van der Waals surface area contributed by atoms with Crippen molar-refractivity contribution in [2.24, 2.45) is 0 Å². The summed E-state index contributed by atoms with van der Waals surface area (Å²) in [5.74, 6) is -0.0474. The average Bonchev–Trinajstić information content (AvgIpc) is 2.79. The molecule has 0 saturated carbocycles. The van der Waals surface area contributed by atoms with Crippen molar-refractivity contribution in [3.8, 4) is 0 Å². The van der Waals surface area contributed by atoms with Crippen molar-refractivity contribution in [3.63, 3.8) is 0 Å². The van der Waals surface area contributed by atoms with Crippen molar-refractivity contribution >= 4 is 33.6 Å². The summed E-state index contributed by atoms with van der Waals surface area (Å²) in [6.45, 7) is 4.29. The number of nitrogens with zero attached hydrogens (tertiary/aromatic N) is 1. The first-order chi connectivity index (χ1) is 15.3. The Kier molecular flexibility index (Phi) is 10.1. The van der Waals surface area contributed by atoms with Crippen LogP contribution in [0.1, 0.15) is 29.8 Å². The van der Waals surface area contributed by atoms with Gasteiger partial charge in [0.05, 0.1) is 11.4 Å². The number of thioether (sulfide) groups is 1. The minimum atomic E-state index is -3.68. The van der Waals surface area contributed by atoms with Crippen LogP contribution < -0.4 is 10.6 Å². The molecule has 10 heteroatoms. The van der Waals surface area contributed by atoms with Gasteiger partial charge in [0, 0.05) is 36.7 Å². The molecule has 2 N–H and O–H groups in total. The summed E-state index contributed by atoms with van der Waals surface area (Å²) in [5, 5.41) is 5.18. The van der Waals surface area contributed by atoms with Crippen LogP contribution >= 0.6 is 11.8 Å². The molecule has 0 radical (unpaired) electrons. The molecule has 0 fully saturated rings. The van der Waals surface area contributed by atoms with Gasteiger partial charge >= 0.3 is 0 Å². The quantitative estimate of drug-likeness (QED) is 0.455. The van der Waals surface area contributed by atoms with Crippen LogP contribution in [0.3, 0.4) is 0 Å². The number of sulfonamides is 1. The highest BCUT2D eigenvalue weighted by molar-refractivity contribution is 7.98. The first kappa shape index (κ1) is 25.8. The second-order valence-electron chi connectivity index (χ2n) is 6.79. The summed E-state index contributed by atoms with van der Waals surface area (Å²) in [5.41, 5.74) is 0.771. The van der Waals surface area contributed by atoms with E-state index >= 15 is 0 Å². The summed E-state index contributed by atoms with van der Waals surface area (Å²) in [6, 6.07) is 12.3. The van der Waals surface area contributed by atoms with E-state index in [-0.39, 0.29) is 28.7 Å². The zero-order valence-electron chi connectivity index (χ0n) is 18.1. The van der Waals surface area contributed by atoms with E-state index in [9.17, 15) is 22.4 Å². The Balaban J connectivity index is 1.78. The number of carbonyl (C=O) groups excluding carboxylic acids is 2. The first-order valence-electron chi connectivity index (χ1n) is 10.3. The molecule has 174 valence electrons. The van der Waals surface area contributed by atoms with Crippen LogP contribution in [-0.4, -0.2) is 56.5 Å². The standard InChI is InChI=1S/C22H28FN3O4S2/c1-3-26(4-2)32(29,30)19-10-7-9-17(14-19)22(28)25-15-21(27)24-12-13-31-16-18-8-5-6-11-20(18)23/h5-11,14H,3-4,12-13,15-16H2,1-2H3,(H,24,27)(H,25,28). The van der Waals surface area contributed by atoms with Crippen LogP contribution in [-0.2, 0) is 20.6 Å². The molecule has 2 amide bonds. The van der Waals surface area contributed by atoms with E-state index in [1.807, 2.05) is 0 Å². The number of rotatable bonds is 12. The van der Waals surface area contributed by atoms with E-state index in [4.69, 9.17) is 0 Å². The molecular formula is C22H28FN3O4S2. The maximum atomic E-state index is 13.5. The lowest BCUT2D eigenvalue weighted by Crippen LogP contribution is -2.37. The molecule has 0 saturated heterocycles. The number of nitrogens with one attached hydrogen (secondary N) is 2. The zero-order valence-corrected chi connectivity index (χ0v) is 19.8. The maximum Gasteiger partial charge on any atom is 0.251 e. The molecule has 0 bridgehead atoms. The Bertz CT molecular complexity index is 1030. The van der Waals surface area contributed by atoms with E-state index in [1.54, 1.807) is 32.0 Å². The number of amides is 2. The highest BCUT2D eigenvalue weighted by Gasteiger charge is 2.22. The monoisotopic (exact) mass is 481 g/mol. The fourth-order valence-corrected chi connectivity index (χ4v) is 5.24. The van der Waals surface area contributed by atoms with Gasteiger partial charge in [-0.1, -0.05) is 38.1 Å². The fourth-order valence-electron chi connectivity index (χ4n) is 2.90. The third-order valence-corrected chi connectivity index (χ3v) is 7.69. The molecule has 0 aliphatic rings. The molecule has 0 atom stereocenters. The van der Waals surface area contributed by atoms with E-state index in [1.165, 1.54) is 46.4 Å². The Morgan fingerprint density at radius 2 is 1.75 bits per heavy atom. The topological polar surface area (TPSA) is 95.6 Å². The number of hydrogen-bond acceptors (Lipinski definition) is 5. The zero-order chi connectivity index (χ0) is 23.6. The van der Waals surface area contributed by atoms with Gasteiger partial charge in [-0.05, 0) is 29.8 Å². The van der Waals surface area contributed by atoms with Gasteiger partial charge in [-0.2, -0.15) is 16.1 Å². The third-order valence-electron chi connectivity index (χ3n) is 4.63. The van der Waals surface area contributed by atoms with E-state index in [0.717, 1.165) is 0 Å². The number of hydrogen-bond donors (Lipinski definition) is 2. The lowest BCUT2D eigenvalue weighted by atomic mass is 10.2. The predicted octanol–water partition coefficient (Wildman–Crippen LogP) is 2.64. The van der Waals surface area contributed by atoms with Gasteiger partial charge < -0.3 is 10.6 Å². The average molecular weight is 482 g/mol. The van der Waals surface area contributed by atoms with Gasteiger partial charge in [0.25, 0.3) is 5.91 Å². The van der Waals surface area contributed by atoms with Crippen molar-refractivity contribution in [1.82, 2.24) is 14.9 Å². The van der Waals surface area contributed by atoms with Crippen LogP contribution in [0.5, 0.6) is 0 Å². The Morgan fingerprint density at radius 1 is 1.03 bits per heavy atom. The summed E-state index contributed by atoms with van der Waals surface area (Å²) < 4.78 is 40.1. The lowest BCUT2D eigenvalue weighted by molar-refractivity contribution is -0.120. The highest BCUT2D eigenvalue weighted by Crippen LogP contribution is 2.17. The van der Waals surface area contributed by atoms with E-state index < -0.39 is 15.9 Å². The number of halogens is 1. The Morgan fingerprint density at radius 3 is 2.44 bits per heavy atom. The minimum absolute atomic E-state index is 0.0326. The molecule has 0 aliphatic heterocycles. The molecule has 2 rings (SSSR count). The van der Waals surface area contributed by atoms with Gasteiger partial charge in [-0.15, -0.1) is 0 Å². The van der Waals surface area contributed by atoms with Gasteiger partial charge in [-0.3, -0.25) is 9.59 Å². The molecule has 2 aromatic rings. The Labute approximate surface area is 192 Å². The lowest BCUT2D eigenvalue weighted by Gasteiger charge is -2.18. The van der Waals surface area contributed by atoms with Crippen LogP contribution in [0.4, 0.5) is 4.39 Å². The second kappa shape index (κ2) is 12.6. The smallest absolute Gasteiger partial charge is 0.251 e. The molecule has 0 aromatic heterocycles. The SMILES string of the molecule is CCN(CC)S(=O)(=O)c1cccc(C(=O)NCC(=O)NCCSCc2ccccc2F)c1. The molecule has 0 heterocycles. The Hall–Kier alpha value is -2.43. The second-order valence-corrected chi connectivity index (χ2v) is 9.84. The van der Waals surface area contributed by atoms with Gasteiger partial charge in [0.1, 0.15) is 5.82 Å². The summed E-state index contributed by atoms with van der Waals surface area (Å²) in [4.78, 5) is 24.4. The van der Waals surface area contributed by atoms with Crippen molar-refractivity contribution in [1.29, 1.82) is 0 Å². The third kappa shape index (κ3) is 7.32. The summed E-state index contributed by atoms with van der Waals surface area (Å²) in [6.07, 6.45) is 0. The predicted molar refractivity (Wildman–Crippen MR) is 124 cm³/mol. The molecule has 7 nitrogen and oxygen atoms in total. The van der Waals surface area contributed by atoms with Crippen molar-refractivity contribution < 1.29 is 22.4 Å². The molecular weight excluding hydrogens is 453 g/mol. The molecule has 0 aliphatic carbocycles. The molecule has 0 spiro atoms. The van der Waals surface area contributed by atoms with E-state index in [2.05, 4.69) is 10.6 Å². The number of carbonyl (C=O) groups is 2. The first-order valence-corrected chi connectivity index (χ1v) is 12.8. The van der Waals surface area contributed by atoms with E-state index in [0.29, 0.717) is 36.7 Å². The fraction of sp³-hybridized carbons (Fsp3) is 0.364. The molecule has 0 unspecified atom stereocenters. The summed E-state index contributed by atoms with van der Waals surface area (Å²) in [7, 11) is -3.68. The van der Waals surface area contributed by atoms with Crippen LogP contribution in [0.15, 0.2) is 53.4 Å². The minimum Gasteiger partial charge on any atom is -0.354 e. The van der Waals surface area contributed by atoms with Crippen molar-refractivity contribution in [2.45, 2.75) is 24.5 Å². The van der Waals surface area contributed by atoms with Crippen LogP contribution in [0.2, 0.25) is 0 Å². The summed E-state index contributed by atoms with van der Waals surface area (Å²) >= 11 is 1.49. The molecule has 2 aromatic carbocycles. The van der Waals surface area contributed by atoms with Gasteiger partial charge in [0.15, 0.2) is 0 Å². The molecule has 32 heavy (non-hydrogen) atoms. The van der Waals surface area contributed by atoms with Gasteiger partial charge in [-0.25, -0.2) is 12.8 Å². The van der Waals surface area contributed by atoms with Gasteiger partial charge in [0.2, 0.25) is 15.9 Å². The largest absolute Gasteiger partial charge is 0.354 e. The van der Waals surface area contributed by atoms with Crippen LogP contribution in [0.25, 0.3) is 0 Å². The number of benzene rings is 2. The van der Waals surface area contributed by atoms with Crippen molar-refractivity contribution in [3.05, 3.63) is 65.5 Å². The van der Waals surface area contributed by atoms with Crippen molar-refractivity contribution in [2.75, 3.05) is 31.9 Å².